The fourth-order valence-corrected chi connectivity index (χ4v) is 3.51. The summed E-state index contributed by atoms with van der Waals surface area (Å²) in [6.45, 7) is 5.79. The van der Waals surface area contributed by atoms with E-state index in [1.807, 2.05) is 26.0 Å². The number of aryl methyl sites for hydroxylation is 1. The van der Waals surface area contributed by atoms with Gasteiger partial charge in [-0.1, -0.05) is 46.6 Å². The lowest BCUT2D eigenvalue weighted by Gasteiger charge is -2.11. The Balaban J connectivity index is 1.73. The van der Waals surface area contributed by atoms with Gasteiger partial charge in [0.2, 0.25) is 0 Å². The molecule has 0 aliphatic carbocycles. The van der Waals surface area contributed by atoms with Crippen molar-refractivity contribution in [3.05, 3.63) is 69.4 Å². The minimum atomic E-state index is -0.396. The van der Waals surface area contributed by atoms with Crippen LogP contribution in [0.15, 0.2) is 47.0 Å². The number of urea groups is 1. The first-order chi connectivity index (χ1) is 14.8. The summed E-state index contributed by atoms with van der Waals surface area (Å²) in [6, 6.07) is 12.0. The predicted molar refractivity (Wildman–Crippen MR) is 122 cm³/mol. The summed E-state index contributed by atoms with van der Waals surface area (Å²) >= 11 is 12.6. The molecule has 0 unspecified atom stereocenters. The van der Waals surface area contributed by atoms with Crippen LogP contribution in [0.1, 0.15) is 35.5 Å². The molecule has 31 heavy (non-hydrogen) atoms. The minimum absolute atomic E-state index is 0.0593. The van der Waals surface area contributed by atoms with Crippen LogP contribution in [0, 0.1) is 6.92 Å². The molecule has 3 N–H and O–H groups in total. The molecule has 2 aromatic carbocycles. The van der Waals surface area contributed by atoms with Crippen LogP contribution in [-0.4, -0.2) is 23.1 Å². The van der Waals surface area contributed by atoms with Gasteiger partial charge in [-0.05, 0) is 50.6 Å². The van der Waals surface area contributed by atoms with E-state index in [-0.39, 0.29) is 23.3 Å². The molecule has 0 saturated heterocycles. The van der Waals surface area contributed by atoms with E-state index in [0.717, 1.165) is 5.56 Å². The van der Waals surface area contributed by atoms with E-state index in [1.54, 1.807) is 37.3 Å². The van der Waals surface area contributed by atoms with Crippen molar-refractivity contribution in [2.75, 3.05) is 5.32 Å². The molecule has 0 atom stereocenters. The number of carbonyl (C=O) groups is 2. The van der Waals surface area contributed by atoms with Crippen molar-refractivity contribution in [1.29, 1.82) is 0 Å². The van der Waals surface area contributed by atoms with Gasteiger partial charge in [0, 0.05) is 23.8 Å². The molecule has 0 bridgehead atoms. The average molecular weight is 461 g/mol. The second kappa shape index (κ2) is 9.85. The lowest BCUT2D eigenvalue weighted by molar-refractivity contribution is 0.102. The first-order valence-corrected chi connectivity index (χ1v) is 10.4. The molecule has 0 spiro atoms. The van der Waals surface area contributed by atoms with Crippen molar-refractivity contribution in [1.82, 2.24) is 15.8 Å². The maximum absolute atomic E-state index is 13.0. The van der Waals surface area contributed by atoms with Gasteiger partial charge in [-0.2, -0.15) is 0 Å². The summed E-state index contributed by atoms with van der Waals surface area (Å²) in [4.78, 5) is 24.6. The third kappa shape index (κ3) is 5.57. The number of aromatic nitrogens is 1. The van der Waals surface area contributed by atoms with Crippen LogP contribution in [0.2, 0.25) is 10.0 Å². The molecule has 0 aliphatic heterocycles. The fourth-order valence-electron chi connectivity index (χ4n) is 2.93. The Labute approximate surface area is 190 Å². The molecule has 0 aliphatic rings. The minimum Gasteiger partial charge on any atom is -0.360 e. The standard InChI is InChI=1S/C22H22Cl2N4O3/c1-12(2)26-22(30)25-11-14-7-9-15(10-8-14)27-21(29)18-13(3)31-28-20(18)19-16(23)5-4-6-17(19)24/h4-10,12H,11H2,1-3H3,(H,27,29)(H2,25,26,30). The highest BCUT2D eigenvalue weighted by Gasteiger charge is 2.25. The number of rotatable bonds is 6. The number of benzene rings is 2. The Morgan fingerprint density at radius 3 is 2.32 bits per heavy atom. The Morgan fingerprint density at radius 2 is 1.71 bits per heavy atom. The third-order valence-electron chi connectivity index (χ3n) is 4.37. The SMILES string of the molecule is Cc1onc(-c2c(Cl)cccc2Cl)c1C(=O)Nc1ccc(CNC(=O)NC(C)C)cc1. The zero-order valence-electron chi connectivity index (χ0n) is 17.3. The predicted octanol–water partition coefficient (Wildman–Crippen LogP) is 5.42. The highest BCUT2D eigenvalue weighted by Crippen LogP contribution is 2.36. The Hall–Kier alpha value is -3.03. The number of amides is 3. The maximum Gasteiger partial charge on any atom is 0.315 e. The van der Waals surface area contributed by atoms with Gasteiger partial charge in [0.05, 0.1) is 10.0 Å². The molecule has 3 aromatic rings. The van der Waals surface area contributed by atoms with E-state index in [2.05, 4.69) is 21.1 Å². The summed E-state index contributed by atoms with van der Waals surface area (Å²) in [5, 5.41) is 13.1. The summed E-state index contributed by atoms with van der Waals surface area (Å²) < 4.78 is 5.25. The van der Waals surface area contributed by atoms with Crippen molar-refractivity contribution in [3.63, 3.8) is 0 Å². The zero-order chi connectivity index (χ0) is 22.5. The molecule has 3 rings (SSSR count). The van der Waals surface area contributed by atoms with Gasteiger partial charge >= 0.3 is 6.03 Å². The Morgan fingerprint density at radius 1 is 1.06 bits per heavy atom. The molecule has 7 nitrogen and oxygen atoms in total. The molecule has 1 aromatic heterocycles. The molecule has 162 valence electrons. The van der Waals surface area contributed by atoms with Crippen molar-refractivity contribution >= 4 is 40.8 Å². The third-order valence-corrected chi connectivity index (χ3v) is 5.00. The van der Waals surface area contributed by atoms with Crippen LogP contribution in [0.25, 0.3) is 11.3 Å². The van der Waals surface area contributed by atoms with Gasteiger partial charge in [0.15, 0.2) is 0 Å². The van der Waals surface area contributed by atoms with Crippen LogP contribution >= 0.6 is 23.2 Å². The molecule has 0 saturated carbocycles. The molecular weight excluding hydrogens is 439 g/mol. The van der Waals surface area contributed by atoms with Crippen molar-refractivity contribution in [2.24, 2.45) is 0 Å². The number of anilines is 1. The van der Waals surface area contributed by atoms with E-state index in [4.69, 9.17) is 27.7 Å². The van der Waals surface area contributed by atoms with Gasteiger partial charge in [0.1, 0.15) is 17.0 Å². The molecule has 0 radical (unpaired) electrons. The number of nitrogens with one attached hydrogen (secondary N) is 3. The quantitative estimate of drug-likeness (QED) is 0.457. The smallest absolute Gasteiger partial charge is 0.315 e. The first-order valence-electron chi connectivity index (χ1n) is 9.61. The Kier molecular flexibility index (Phi) is 7.20. The van der Waals surface area contributed by atoms with Crippen molar-refractivity contribution < 1.29 is 14.1 Å². The maximum atomic E-state index is 13.0. The molecule has 1 heterocycles. The summed E-state index contributed by atoms with van der Waals surface area (Å²) in [6.07, 6.45) is 0. The molecule has 9 heteroatoms. The van der Waals surface area contributed by atoms with Crippen molar-refractivity contribution in [3.8, 4) is 11.3 Å². The first kappa shape index (κ1) is 22.7. The average Bonchev–Trinajstić information content (AvgIpc) is 3.08. The van der Waals surface area contributed by atoms with E-state index in [0.29, 0.717) is 33.6 Å². The fraction of sp³-hybridized carbons (Fsp3) is 0.227. The van der Waals surface area contributed by atoms with Crippen LogP contribution in [0.3, 0.4) is 0 Å². The second-order valence-corrected chi connectivity index (χ2v) is 8.01. The topological polar surface area (TPSA) is 96.3 Å². The van der Waals surface area contributed by atoms with E-state index in [1.165, 1.54) is 0 Å². The zero-order valence-corrected chi connectivity index (χ0v) is 18.8. The lowest BCUT2D eigenvalue weighted by atomic mass is 10.1. The van der Waals surface area contributed by atoms with Gasteiger partial charge < -0.3 is 20.5 Å². The number of hydrogen-bond donors (Lipinski definition) is 3. The summed E-state index contributed by atoms with van der Waals surface area (Å²) in [7, 11) is 0. The van der Waals surface area contributed by atoms with Crippen LogP contribution in [0.4, 0.5) is 10.5 Å². The number of hydrogen-bond acceptors (Lipinski definition) is 4. The number of carbonyl (C=O) groups excluding carboxylic acids is 2. The highest BCUT2D eigenvalue weighted by molar-refractivity contribution is 6.39. The van der Waals surface area contributed by atoms with Crippen molar-refractivity contribution in [2.45, 2.75) is 33.4 Å². The van der Waals surface area contributed by atoms with Crippen LogP contribution in [0.5, 0.6) is 0 Å². The number of nitrogens with zero attached hydrogens (tertiary/aromatic N) is 1. The monoisotopic (exact) mass is 460 g/mol. The summed E-state index contributed by atoms with van der Waals surface area (Å²) in [5.74, 6) is -0.0487. The summed E-state index contributed by atoms with van der Waals surface area (Å²) in [5.41, 5.74) is 2.45. The van der Waals surface area contributed by atoms with E-state index < -0.39 is 5.91 Å². The van der Waals surface area contributed by atoms with E-state index >= 15 is 0 Å². The van der Waals surface area contributed by atoms with Crippen LogP contribution < -0.4 is 16.0 Å². The van der Waals surface area contributed by atoms with Gasteiger partial charge in [-0.25, -0.2) is 4.79 Å². The second-order valence-electron chi connectivity index (χ2n) is 7.19. The lowest BCUT2D eigenvalue weighted by Crippen LogP contribution is -2.39. The van der Waals surface area contributed by atoms with Gasteiger partial charge in [-0.15, -0.1) is 0 Å². The Bertz CT molecular complexity index is 1070. The van der Waals surface area contributed by atoms with Gasteiger partial charge in [-0.3, -0.25) is 4.79 Å². The highest BCUT2D eigenvalue weighted by atomic mass is 35.5. The number of halogens is 2. The molecule has 3 amide bonds. The molecule has 0 fully saturated rings. The molecular formula is C22H22Cl2N4O3. The van der Waals surface area contributed by atoms with E-state index in [9.17, 15) is 9.59 Å². The van der Waals surface area contributed by atoms with Crippen LogP contribution in [-0.2, 0) is 6.54 Å². The normalized spacial score (nSPS) is 10.8. The largest absolute Gasteiger partial charge is 0.360 e. The van der Waals surface area contributed by atoms with Gasteiger partial charge in [0.25, 0.3) is 5.91 Å².